The monoisotopic (exact) mass is 232 g/mol. The van der Waals surface area contributed by atoms with Gasteiger partial charge in [0.15, 0.2) is 0 Å². The summed E-state index contributed by atoms with van der Waals surface area (Å²) in [5.74, 6) is 0.751. The lowest BCUT2D eigenvalue weighted by Crippen LogP contribution is -2.29. The van der Waals surface area contributed by atoms with Gasteiger partial charge in [0.25, 0.3) is 0 Å². The molecule has 0 fully saturated rings. The first-order valence-electron chi connectivity index (χ1n) is 5.60. The number of benzene rings is 1. The Hall–Kier alpha value is -1.65. The summed E-state index contributed by atoms with van der Waals surface area (Å²) >= 11 is 0. The van der Waals surface area contributed by atoms with Crippen LogP contribution >= 0.6 is 0 Å². The molecule has 0 saturated heterocycles. The summed E-state index contributed by atoms with van der Waals surface area (Å²) < 4.78 is 5.51. The third kappa shape index (κ3) is 3.15. The molecule has 0 radical (unpaired) electrons. The van der Waals surface area contributed by atoms with Gasteiger partial charge in [0.1, 0.15) is 18.5 Å². The Labute approximate surface area is 100 Å². The third-order valence-corrected chi connectivity index (χ3v) is 2.46. The van der Waals surface area contributed by atoms with Gasteiger partial charge in [-0.25, -0.2) is 0 Å². The molecule has 1 unspecified atom stereocenters. The van der Waals surface area contributed by atoms with Crippen molar-refractivity contribution in [3.05, 3.63) is 36.5 Å². The van der Waals surface area contributed by atoms with Crippen molar-refractivity contribution in [2.24, 2.45) is 0 Å². The molecule has 0 aliphatic rings. The number of aliphatic hydroxyl groups is 1. The molecule has 1 atom stereocenters. The molecule has 0 aliphatic heterocycles. The van der Waals surface area contributed by atoms with Crippen LogP contribution in [0.5, 0.6) is 5.75 Å². The van der Waals surface area contributed by atoms with Gasteiger partial charge in [-0.2, -0.15) is 0 Å². The maximum atomic E-state index is 9.52. The first-order valence-corrected chi connectivity index (χ1v) is 5.60. The van der Waals surface area contributed by atoms with Crippen molar-refractivity contribution >= 4 is 10.9 Å². The van der Waals surface area contributed by atoms with Gasteiger partial charge in [-0.05, 0) is 31.3 Å². The highest BCUT2D eigenvalue weighted by Crippen LogP contribution is 2.18. The molecule has 0 saturated carbocycles. The van der Waals surface area contributed by atoms with E-state index < -0.39 is 6.10 Å². The van der Waals surface area contributed by atoms with Gasteiger partial charge < -0.3 is 15.2 Å². The fraction of sp³-hybridized carbons (Fsp3) is 0.308. The Kier molecular flexibility index (Phi) is 3.90. The van der Waals surface area contributed by atoms with Crippen LogP contribution in [-0.2, 0) is 0 Å². The lowest BCUT2D eigenvalue weighted by Gasteiger charge is -2.12. The average molecular weight is 232 g/mol. The van der Waals surface area contributed by atoms with Crippen LogP contribution in [0.25, 0.3) is 10.9 Å². The maximum absolute atomic E-state index is 9.52. The smallest absolute Gasteiger partial charge is 0.120 e. The van der Waals surface area contributed by atoms with Crippen molar-refractivity contribution in [1.82, 2.24) is 10.3 Å². The Balaban J connectivity index is 2.04. The molecule has 17 heavy (non-hydrogen) atoms. The molecular formula is C13H16N2O2. The van der Waals surface area contributed by atoms with Crippen LogP contribution in [0.1, 0.15) is 0 Å². The second-order valence-electron chi connectivity index (χ2n) is 3.88. The molecular weight excluding hydrogens is 216 g/mol. The highest BCUT2D eigenvalue weighted by atomic mass is 16.5. The van der Waals surface area contributed by atoms with Crippen LogP contribution in [0.2, 0.25) is 0 Å². The van der Waals surface area contributed by atoms with Crippen molar-refractivity contribution in [1.29, 1.82) is 0 Å². The molecule has 1 aromatic heterocycles. The number of nitrogens with one attached hydrogen (secondary N) is 1. The highest BCUT2D eigenvalue weighted by Gasteiger charge is 2.04. The first kappa shape index (κ1) is 11.8. The Morgan fingerprint density at radius 3 is 3.12 bits per heavy atom. The topological polar surface area (TPSA) is 54.4 Å². The summed E-state index contributed by atoms with van der Waals surface area (Å²) in [5, 5.41) is 13.5. The second kappa shape index (κ2) is 5.61. The van der Waals surface area contributed by atoms with Crippen molar-refractivity contribution in [3.8, 4) is 5.75 Å². The van der Waals surface area contributed by atoms with Gasteiger partial charge in [0.05, 0.1) is 5.52 Å². The molecule has 1 heterocycles. The largest absolute Gasteiger partial charge is 0.491 e. The zero-order valence-corrected chi connectivity index (χ0v) is 9.76. The predicted molar refractivity (Wildman–Crippen MR) is 67.2 cm³/mol. The van der Waals surface area contributed by atoms with E-state index in [2.05, 4.69) is 10.3 Å². The van der Waals surface area contributed by atoms with Crippen LogP contribution in [0.15, 0.2) is 36.5 Å². The minimum atomic E-state index is -0.496. The van der Waals surface area contributed by atoms with E-state index >= 15 is 0 Å². The molecule has 4 nitrogen and oxygen atoms in total. The molecule has 0 bridgehead atoms. The fourth-order valence-electron chi connectivity index (χ4n) is 1.63. The van der Waals surface area contributed by atoms with Crippen molar-refractivity contribution in [2.75, 3.05) is 20.2 Å². The number of fused-ring (bicyclic) bond motifs is 1. The number of pyridine rings is 1. The summed E-state index contributed by atoms with van der Waals surface area (Å²) in [6, 6.07) is 9.58. The minimum absolute atomic E-state index is 0.284. The fourth-order valence-corrected chi connectivity index (χ4v) is 1.63. The van der Waals surface area contributed by atoms with Crippen molar-refractivity contribution < 1.29 is 9.84 Å². The molecule has 2 rings (SSSR count). The van der Waals surface area contributed by atoms with Gasteiger partial charge in [-0.1, -0.05) is 6.07 Å². The number of rotatable bonds is 5. The van der Waals surface area contributed by atoms with E-state index in [0.717, 1.165) is 16.7 Å². The van der Waals surface area contributed by atoms with E-state index in [4.69, 9.17) is 4.74 Å². The number of hydrogen-bond donors (Lipinski definition) is 2. The molecule has 0 aliphatic carbocycles. The standard InChI is InChI=1S/C13H16N2O2/c1-14-8-11(16)9-17-12-4-5-13-10(7-12)3-2-6-15-13/h2-7,11,14,16H,8-9H2,1H3. The van der Waals surface area contributed by atoms with Crippen molar-refractivity contribution in [2.45, 2.75) is 6.10 Å². The molecule has 2 aromatic rings. The number of nitrogens with zero attached hydrogens (tertiary/aromatic N) is 1. The lowest BCUT2D eigenvalue weighted by molar-refractivity contribution is 0.108. The molecule has 2 N–H and O–H groups in total. The predicted octanol–water partition coefficient (Wildman–Crippen LogP) is 1.19. The zero-order valence-electron chi connectivity index (χ0n) is 9.76. The third-order valence-electron chi connectivity index (χ3n) is 2.46. The summed E-state index contributed by atoms with van der Waals surface area (Å²) in [5.41, 5.74) is 0.940. The quantitative estimate of drug-likeness (QED) is 0.813. The number of likely N-dealkylation sites (N-methyl/N-ethyl adjacent to an activating group) is 1. The lowest BCUT2D eigenvalue weighted by atomic mass is 10.2. The summed E-state index contributed by atoms with van der Waals surface area (Å²) in [4.78, 5) is 4.23. The van der Waals surface area contributed by atoms with Gasteiger partial charge in [0, 0.05) is 18.1 Å². The normalized spacial score (nSPS) is 12.6. The first-order chi connectivity index (χ1) is 8.29. The van der Waals surface area contributed by atoms with Crippen LogP contribution in [-0.4, -0.2) is 36.4 Å². The summed E-state index contributed by atoms with van der Waals surface area (Å²) in [6.07, 6.45) is 1.27. The number of ether oxygens (including phenoxy) is 1. The van der Waals surface area contributed by atoms with Gasteiger partial charge in [-0.3, -0.25) is 4.98 Å². The van der Waals surface area contributed by atoms with E-state index in [1.54, 1.807) is 13.2 Å². The SMILES string of the molecule is CNCC(O)COc1ccc2ncccc2c1. The van der Waals surface area contributed by atoms with Gasteiger partial charge >= 0.3 is 0 Å². The van der Waals surface area contributed by atoms with Crippen LogP contribution in [0.3, 0.4) is 0 Å². The maximum Gasteiger partial charge on any atom is 0.120 e. The van der Waals surface area contributed by atoms with Crippen LogP contribution in [0.4, 0.5) is 0 Å². The van der Waals surface area contributed by atoms with E-state index in [-0.39, 0.29) is 6.61 Å². The Morgan fingerprint density at radius 2 is 2.29 bits per heavy atom. The van der Waals surface area contributed by atoms with Crippen molar-refractivity contribution in [3.63, 3.8) is 0 Å². The number of aliphatic hydroxyl groups excluding tert-OH is 1. The molecule has 0 spiro atoms. The van der Waals surface area contributed by atoms with E-state index in [9.17, 15) is 5.11 Å². The van der Waals surface area contributed by atoms with Crippen LogP contribution in [0, 0.1) is 0 Å². The molecule has 4 heteroatoms. The Bertz CT molecular complexity index is 488. The van der Waals surface area contributed by atoms with E-state index in [1.807, 2.05) is 30.3 Å². The van der Waals surface area contributed by atoms with Gasteiger partial charge in [0.2, 0.25) is 0 Å². The summed E-state index contributed by atoms with van der Waals surface area (Å²) in [7, 11) is 1.80. The average Bonchev–Trinajstić information content (AvgIpc) is 2.36. The van der Waals surface area contributed by atoms with Gasteiger partial charge in [-0.15, -0.1) is 0 Å². The van der Waals surface area contributed by atoms with E-state index in [1.165, 1.54) is 0 Å². The molecule has 1 aromatic carbocycles. The number of aromatic nitrogens is 1. The summed E-state index contributed by atoms with van der Waals surface area (Å²) in [6.45, 7) is 0.807. The van der Waals surface area contributed by atoms with Crippen LogP contribution < -0.4 is 10.1 Å². The minimum Gasteiger partial charge on any atom is -0.491 e. The second-order valence-corrected chi connectivity index (χ2v) is 3.88. The zero-order chi connectivity index (χ0) is 12.1. The Morgan fingerprint density at radius 1 is 1.41 bits per heavy atom. The van der Waals surface area contributed by atoms with E-state index in [0.29, 0.717) is 6.54 Å². The number of hydrogen-bond acceptors (Lipinski definition) is 4. The highest BCUT2D eigenvalue weighted by molar-refractivity contribution is 5.79. The molecule has 0 amide bonds. The molecule has 90 valence electrons.